The summed E-state index contributed by atoms with van der Waals surface area (Å²) in [5.41, 5.74) is 2.43. The first kappa shape index (κ1) is 32.1. The fourth-order valence-electron chi connectivity index (χ4n) is 5.18. The Kier molecular flexibility index (Phi) is 9.31. The summed E-state index contributed by atoms with van der Waals surface area (Å²) in [4.78, 5) is 24.8. The van der Waals surface area contributed by atoms with E-state index in [2.05, 4.69) is 0 Å². The summed E-state index contributed by atoms with van der Waals surface area (Å²) in [5.74, 6) is 0.0482. The monoisotopic (exact) mass is 644 g/mol. The molecule has 0 aromatic heterocycles. The van der Waals surface area contributed by atoms with Crippen molar-refractivity contribution < 1.29 is 36.7 Å². The fourth-order valence-corrected chi connectivity index (χ4v) is 6.58. The first-order valence-electron chi connectivity index (χ1n) is 13.9. The van der Waals surface area contributed by atoms with Gasteiger partial charge in [-0.25, -0.2) is 12.8 Å². The molecule has 0 saturated carbocycles. The third-order valence-electron chi connectivity index (χ3n) is 7.41. The van der Waals surface area contributed by atoms with E-state index in [1.165, 1.54) is 45.6 Å². The molecule has 0 spiro atoms. The van der Waals surface area contributed by atoms with Gasteiger partial charge in [-0.1, -0.05) is 36.4 Å². The zero-order chi connectivity index (χ0) is 33.0. The van der Waals surface area contributed by atoms with Gasteiger partial charge in [0, 0.05) is 36.4 Å². The highest BCUT2D eigenvalue weighted by atomic mass is 32.2. The second-order valence-electron chi connectivity index (χ2n) is 10.2. The average Bonchev–Trinajstić information content (AvgIpc) is 3.06. The third kappa shape index (κ3) is 6.53. The molecule has 12 heteroatoms. The van der Waals surface area contributed by atoms with E-state index in [9.17, 15) is 27.7 Å². The molecule has 5 rings (SSSR count). The van der Waals surface area contributed by atoms with Crippen molar-refractivity contribution in [1.82, 2.24) is 4.31 Å². The van der Waals surface area contributed by atoms with Crippen LogP contribution in [0.3, 0.4) is 0 Å². The van der Waals surface area contributed by atoms with Crippen LogP contribution in [-0.2, 0) is 14.8 Å². The number of carbonyl (C=O) groups is 1. The van der Waals surface area contributed by atoms with Gasteiger partial charge in [0.15, 0.2) is 17.3 Å². The highest BCUT2D eigenvalue weighted by Crippen LogP contribution is 2.39. The molecule has 0 atom stereocenters. The van der Waals surface area contributed by atoms with Crippen LogP contribution in [0.5, 0.6) is 17.2 Å². The molecule has 0 bridgehead atoms. The summed E-state index contributed by atoms with van der Waals surface area (Å²) in [5, 5.41) is 11.4. The van der Waals surface area contributed by atoms with Crippen molar-refractivity contribution in [3.8, 4) is 28.4 Å². The second-order valence-corrected chi connectivity index (χ2v) is 12.2. The lowest BCUT2D eigenvalue weighted by Crippen LogP contribution is -2.41. The van der Waals surface area contributed by atoms with Crippen molar-refractivity contribution >= 4 is 33.6 Å². The van der Waals surface area contributed by atoms with Gasteiger partial charge in [0.05, 0.1) is 31.1 Å². The van der Waals surface area contributed by atoms with E-state index in [1.807, 2.05) is 0 Å². The molecule has 0 aliphatic carbocycles. The topological polar surface area (TPSA) is 125 Å². The van der Waals surface area contributed by atoms with Gasteiger partial charge < -0.3 is 14.2 Å². The molecular formula is C34H29FN2O8S. The summed E-state index contributed by atoms with van der Waals surface area (Å²) in [7, 11) is 0.194. The van der Waals surface area contributed by atoms with Crippen LogP contribution in [0.25, 0.3) is 23.3 Å². The average molecular weight is 645 g/mol. The number of hydrogen-bond acceptors (Lipinski definition) is 8. The molecule has 0 unspecified atom stereocenters. The van der Waals surface area contributed by atoms with E-state index in [4.69, 9.17) is 14.2 Å². The number of methoxy groups -OCH3 is 3. The largest absolute Gasteiger partial charge is 0.493 e. The smallest absolute Gasteiger partial charge is 0.270 e. The number of Topliss-reactive ketones (excluding diaryl/α,β-unsaturated/α-hetero) is 1. The van der Waals surface area contributed by atoms with Crippen molar-refractivity contribution in [2.75, 3.05) is 34.4 Å². The number of rotatable bonds is 9. The summed E-state index contributed by atoms with van der Waals surface area (Å²) >= 11 is 0. The van der Waals surface area contributed by atoms with Crippen LogP contribution in [0, 0.1) is 15.9 Å². The summed E-state index contributed by atoms with van der Waals surface area (Å²) in [6.45, 7) is -0.534. The number of sulfonamides is 1. The van der Waals surface area contributed by atoms with Crippen molar-refractivity contribution in [3.63, 3.8) is 0 Å². The molecule has 1 heterocycles. The maximum absolute atomic E-state index is 14.0. The number of ether oxygens (including phenoxy) is 3. The number of nitrogens with zero attached hydrogens (tertiary/aromatic N) is 2. The van der Waals surface area contributed by atoms with Crippen LogP contribution >= 0.6 is 0 Å². The molecule has 1 fully saturated rings. The molecule has 1 saturated heterocycles. The van der Waals surface area contributed by atoms with Gasteiger partial charge in [-0.2, -0.15) is 4.31 Å². The number of carbonyl (C=O) groups excluding carboxylic acids is 1. The Hall–Kier alpha value is -5.33. The second kappa shape index (κ2) is 13.3. The van der Waals surface area contributed by atoms with E-state index < -0.39 is 26.5 Å². The van der Waals surface area contributed by atoms with Gasteiger partial charge in [-0.15, -0.1) is 0 Å². The quantitative estimate of drug-likeness (QED) is 0.120. The van der Waals surface area contributed by atoms with Crippen LogP contribution in [0.15, 0.2) is 101 Å². The van der Waals surface area contributed by atoms with E-state index in [0.717, 1.165) is 16.4 Å². The number of hydrogen-bond donors (Lipinski definition) is 0. The van der Waals surface area contributed by atoms with Gasteiger partial charge in [0.1, 0.15) is 5.82 Å². The lowest BCUT2D eigenvalue weighted by molar-refractivity contribution is -0.384. The highest BCUT2D eigenvalue weighted by molar-refractivity contribution is 7.89. The Morgan fingerprint density at radius 1 is 0.826 bits per heavy atom. The zero-order valence-corrected chi connectivity index (χ0v) is 25.9. The molecule has 1 aliphatic rings. The summed E-state index contributed by atoms with van der Waals surface area (Å²) < 4.78 is 58.7. The Labute approximate surface area is 265 Å². The number of benzene rings is 4. The lowest BCUT2D eigenvalue weighted by atomic mass is 9.92. The predicted molar refractivity (Wildman–Crippen MR) is 171 cm³/mol. The molecule has 46 heavy (non-hydrogen) atoms. The number of ketones is 1. The number of piperidine rings is 1. The van der Waals surface area contributed by atoms with Gasteiger partial charge >= 0.3 is 0 Å². The van der Waals surface area contributed by atoms with Crippen LogP contribution in [0.1, 0.15) is 11.1 Å². The Bertz CT molecular complexity index is 1960. The number of non-ortho nitro benzene ring substituents is 1. The Morgan fingerprint density at radius 3 is 2.07 bits per heavy atom. The normalized spacial score (nSPS) is 15.6. The molecular weight excluding hydrogens is 615 g/mol. The van der Waals surface area contributed by atoms with Crippen LogP contribution in [0.4, 0.5) is 10.1 Å². The Morgan fingerprint density at radius 2 is 1.46 bits per heavy atom. The van der Waals surface area contributed by atoms with Gasteiger partial charge in [0.25, 0.3) is 5.69 Å². The van der Waals surface area contributed by atoms with E-state index in [0.29, 0.717) is 39.5 Å². The highest BCUT2D eigenvalue weighted by Gasteiger charge is 2.34. The minimum atomic E-state index is -4.18. The molecule has 1 aliphatic heterocycles. The molecule has 0 amide bonds. The third-order valence-corrected chi connectivity index (χ3v) is 9.22. The fraction of sp³-hybridized carbons (Fsp3) is 0.147. The molecule has 0 N–H and O–H groups in total. The van der Waals surface area contributed by atoms with Crippen molar-refractivity contribution in [2.45, 2.75) is 4.90 Å². The predicted octanol–water partition coefficient (Wildman–Crippen LogP) is 6.17. The SMILES string of the molecule is COc1cc(C=C2CN(S(=O)(=O)c3ccc(F)cc3)CC(=Cc3ccccc3-c3cccc([N+](=O)[O-])c3)C2=O)cc(OC)c1OC. The molecule has 0 radical (unpaired) electrons. The standard InChI is InChI=1S/C34H29FN2O8S/c1-43-31-16-22(17-32(44-2)34(31)45-3)15-25-20-36(46(41,42)29-13-11-27(35)12-14-29)21-26(33(25)38)18-23-7-4-5-10-30(23)24-8-6-9-28(19-24)37(39)40/h4-19H,20-21H2,1-3H3. The minimum absolute atomic E-state index is 0.0965. The van der Waals surface area contributed by atoms with Crippen molar-refractivity contribution in [1.29, 1.82) is 0 Å². The van der Waals surface area contributed by atoms with Gasteiger partial charge in [-0.05, 0) is 70.8 Å². The maximum Gasteiger partial charge on any atom is 0.270 e. The zero-order valence-electron chi connectivity index (χ0n) is 25.1. The van der Waals surface area contributed by atoms with Gasteiger partial charge in [0.2, 0.25) is 15.8 Å². The molecule has 4 aromatic rings. The maximum atomic E-state index is 14.0. The van der Waals surface area contributed by atoms with Crippen LogP contribution < -0.4 is 14.2 Å². The van der Waals surface area contributed by atoms with E-state index in [1.54, 1.807) is 60.7 Å². The number of nitro groups is 1. The van der Waals surface area contributed by atoms with E-state index >= 15 is 0 Å². The molecule has 4 aromatic carbocycles. The minimum Gasteiger partial charge on any atom is -0.493 e. The van der Waals surface area contributed by atoms with Gasteiger partial charge in [-0.3, -0.25) is 14.9 Å². The van der Waals surface area contributed by atoms with Crippen LogP contribution in [-0.4, -0.2) is 57.8 Å². The first-order valence-corrected chi connectivity index (χ1v) is 15.3. The lowest BCUT2D eigenvalue weighted by Gasteiger charge is -2.29. The van der Waals surface area contributed by atoms with Crippen molar-refractivity contribution in [3.05, 3.63) is 123 Å². The van der Waals surface area contributed by atoms with Crippen LogP contribution in [0.2, 0.25) is 0 Å². The molecule has 236 valence electrons. The molecule has 10 nitrogen and oxygen atoms in total. The number of halogens is 1. The Balaban J connectivity index is 1.65. The summed E-state index contributed by atoms with van der Waals surface area (Å²) in [6, 6.07) is 20.8. The first-order chi connectivity index (χ1) is 22.0. The summed E-state index contributed by atoms with van der Waals surface area (Å²) in [6.07, 6.45) is 3.14. The van der Waals surface area contributed by atoms with Crippen molar-refractivity contribution in [2.24, 2.45) is 0 Å². The van der Waals surface area contributed by atoms with E-state index in [-0.39, 0.29) is 34.8 Å². The number of nitro benzene ring substituents is 1.